The smallest absolute Gasteiger partial charge is 0.147 e. The molecule has 2 unspecified atom stereocenters. The van der Waals surface area contributed by atoms with Crippen molar-refractivity contribution in [2.45, 2.75) is 26.1 Å². The summed E-state index contributed by atoms with van der Waals surface area (Å²) in [6.45, 7) is 4.50. The molecule has 0 aromatic carbocycles. The molecule has 6 nitrogen and oxygen atoms in total. The van der Waals surface area contributed by atoms with E-state index in [2.05, 4.69) is 15.6 Å². The second-order valence-electron chi connectivity index (χ2n) is 4.53. The minimum atomic E-state index is -0.714. The summed E-state index contributed by atoms with van der Waals surface area (Å²) in [6.07, 6.45) is 0.829. The van der Waals surface area contributed by atoms with Crippen LogP contribution in [0, 0.1) is 0 Å². The molecule has 0 aromatic heterocycles. The van der Waals surface area contributed by atoms with E-state index < -0.39 is 6.23 Å². The highest BCUT2D eigenvalue weighted by Gasteiger charge is 2.15. The first-order chi connectivity index (χ1) is 8.43. The number of likely N-dealkylation sites (N-methyl/N-ethyl adjacent to an activating group) is 1. The van der Waals surface area contributed by atoms with Crippen LogP contribution in [0.4, 0.5) is 0 Å². The van der Waals surface area contributed by atoms with Crippen LogP contribution >= 0.6 is 0 Å². The third-order valence-corrected chi connectivity index (χ3v) is 2.55. The van der Waals surface area contributed by atoms with Gasteiger partial charge in [-0.1, -0.05) is 0 Å². The van der Waals surface area contributed by atoms with Crippen LogP contribution in [0.1, 0.15) is 13.8 Å². The molecular weight excluding hydrogens is 232 g/mol. The summed E-state index contributed by atoms with van der Waals surface area (Å²) in [6, 6.07) is 0.0255. The van der Waals surface area contributed by atoms with Gasteiger partial charge in [-0.3, -0.25) is 9.89 Å². The summed E-state index contributed by atoms with van der Waals surface area (Å²) in [5.41, 5.74) is 1.67. The van der Waals surface area contributed by atoms with Crippen molar-refractivity contribution in [1.29, 1.82) is 0 Å². The molecule has 106 valence electrons. The van der Waals surface area contributed by atoms with E-state index in [1.54, 1.807) is 32.4 Å². The van der Waals surface area contributed by atoms with Crippen molar-refractivity contribution in [3.8, 4) is 0 Å². The van der Waals surface area contributed by atoms with Crippen molar-refractivity contribution < 1.29 is 10.2 Å². The van der Waals surface area contributed by atoms with E-state index in [0.29, 0.717) is 12.2 Å². The van der Waals surface area contributed by atoms with Gasteiger partial charge in [0.05, 0.1) is 18.6 Å². The molecule has 0 radical (unpaired) electrons. The van der Waals surface area contributed by atoms with Crippen molar-refractivity contribution in [2.75, 3.05) is 34.3 Å². The zero-order chi connectivity index (χ0) is 14.1. The van der Waals surface area contributed by atoms with Crippen LogP contribution in [0.5, 0.6) is 0 Å². The lowest BCUT2D eigenvalue weighted by Gasteiger charge is -2.24. The maximum absolute atomic E-state index is 10.1. The molecule has 0 aliphatic heterocycles. The Labute approximate surface area is 109 Å². The lowest BCUT2D eigenvalue weighted by molar-refractivity contribution is 0.0682. The molecule has 0 saturated carbocycles. The Morgan fingerprint density at radius 1 is 1.44 bits per heavy atom. The van der Waals surface area contributed by atoms with Crippen LogP contribution in [-0.2, 0) is 0 Å². The molecule has 0 spiro atoms. The standard InChI is InChI=1S/C12H26N4O2/c1-9(6-14-10(2)7-17)11(15-8-13-3)12(18)16(4)5/h8,10,12,14,17-18H,6-7H2,1-5H3,(H,13,15)/b11-9-. The highest BCUT2D eigenvalue weighted by Crippen LogP contribution is 2.07. The van der Waals surface area contributed by atoms with Gasteiger partial charge in [-0.15, -0.1) is 0 Å². The summed E-state index contributed by atoms with van der Waals surface area (Å²) in [5.74, 6) is 0. The molecule has 4 N–H and O–H groups in total. The van der Waals surface area contributed by atoms with Gasteiger partial charge in [-0.2, -0.15) is 0 Å². The number of hydrogen-bond acceptors (Lipinski definition) is 5. The Morgan fingerprint density at radius 2 is 2.06 bits per heavy atom. The lowest BCUT2D eigenvalue weighted by Crippen LogP contribution is -2.38. The molecule has 0 saturated heterocycles. The van der Waals surface area contributed by atoms with Crippen molar-refractivity contribution >= 4 is 6.34 Å². The van der Waals surface area contributed by atoms with E-state index in [1.807, 2.05) is 13.8 Å². The van der Waals surface area contributed by atoms with Gasteiger partial charge >= 0.3 is 0 Å². The van der Waals surface area contributed by atoms with Crippen LogP contribution in [0.2, 0.25) is 0 Å². The van der Waals surface area contributed by atoms with Crippen LogP contribution in [0.25, 0.3) is 0 Å². The predicted molar refractivity (Wildman–Crippen MR) is 74.5 cm³/mol. The number of rotatable bonds is 8. The fourth-order valence-corrected chi connectivity index (χ4v) is 1.30. The number of nitrogens with zero attached hydrogens (tertiary/aromatic N) is 2. The van der Waals surface area contributed by atoms with Crippen LogP contribution < -0.4 is 10.6 Å². The summed E-state index contributed by atoms with van der Waals surface area (Å²) in [5, 5.41) is 25.2. The second-order valence-corrected chi connectivity index (χ2v) is 4.53. The first-order valence-corrected chi connectivity index (χ1v) is 5.99. The van der Waals surface area contributed by atoms with E-state index >= 15 is 0 Å². The molecule has 0 fully saturated rings. The Bertz CT molecular complexity index is 290. The zero-order valence-electron chi connectivity index (χ0n) is 11.9. The quantitative estimate of drug-likeness (QED) is 0.264. The fraction of sp³-hybridized carbons (Fsp3) is 0.750. The summed E-state index contributed by atoms with van der Waals surface area (Å²) >= 11 is 0. The SMILES string of the molecule is CN=CN/C(=C(/C)CNC(C)CO)C(O)N(C)C. The van der Waals surface area contributed by atoms with Crippen LogP contribution in [0.3, 0.4) is 0 Å². The van der Waals surface area contributed by atoms with Gasteiger partial charge in [-0.05, 0) is 33.5 Å². The first kappa shape index (κ1) is 17.1. The van der Waals surface area contributed by atoms with Crippen molar-refractivity contribution in [1.82, 2.24) is 15.5 Å². The minimum absolute atomic E-state index is 0.0255. The van der Waals surface area contributed by atoms with Gasteiger partial charge in [0.2, 0.25) is 0 Å². The van der Waals surface area contributed by atoms with Gasteiger partial charge in [-0.25, -0.2) is 0 Å². The lowest BCUT2D eigenvalue weighted by atomic mass is 10.2. The third kappa shape index (κ3) is 6.11. The van der Waals surface area contributed by atoms with Gasteiger partial charge in [0.15, 0.2) is 0 Å². The highest BCUT2D eigenvalue weighted by atomic mass is 16.3. The largest absolute Gasteiger partial charge is 0.395 e. The van der Waals surface area contributed by atoms with Gasteiger partial charge < -0.3 is 20.8 Å². The normalized spacial score (nSPS) is 16.9. The third-order valence-electron chi connectivity index (χ3n) is 2.55. The van der Waals surface area contributed by atoms with Crippen molar-refractivity contribution in [2.24, 2.45) is 4.99 Å². The van der Waals surface area contributed by atoms with E-state index in [0.717, 1.165) is 5.57 Å². The molecule has 0 aliphatic carbocycles. The number of aliphatic imine (C=N–C) groups is 1. The Kier molecular flexibility index (Phi) is 8.57. The number of aliphatic hydroxyl groups excluding tert-OH is 2. The van der Waals surface area contributed by atoms with E-state index in [-0.39, 0.29) is 12.6 Å². The summed E-state index contributed by atoms with van der Waals surface area (Å²) < 4.78 is 0. The van der Waals surface area contributed by atoms with E-state index in [4.69, 9.17) is 5.11 Å². The highest BCUT2D eigenvalue weighted by molar-refractivity contribution is 5.57. The monoisotopic (exact) mass is 258 g/mol. The number of nitrogens with one attached hydrogen (secondary N) is 2. The van der Waals surface area contributed by atoms with Gasteiger partial charge in [0.1, 0.15) is 6.23 Å². The van der Waals surface area contributed by atoms with E-state index in [9.17, 15) is 5.11 Å². The van der Waals surface area contributed by atoms with Crippen LogP contribution in [0.15, 0.2) is 16.3 Å². The van der Waals surface area contributed by atoms with E-state index in [1.165, 1.54) is 0 Å². The van der Waals surface area contributed by atoms with Crippen LogP contribution in [-0.4, -0.2) is 68.0 Å². The molecule has 0 aliphatic rings. The average molecular weight is 258 g/mol. The maximum Gasteiger partial charge on any atom is 0.147 e. The fourth-order valence-electron chi connectivity index (χ4n) is 1.30. The number of hydrogen-bond donors (Lipinski definition) is 4. The van der Waals surface area contributed by atoms with Gasteiger partial charge in [0.25, 0.3) is 0 Å². The molecule has 0 rings (SSSR count). The van der Waals surface area contributed by atoms with Crippen molar-refractivity contribution in [3.05, 3.63) is 11.3 Å². The molecule has 0 heterocycles. The Hall–Kier alpha value is -0.950. The van der Waals surface area contributed by atoms with Gasteiger partial charge in [0, 0.05) is 19.6 Å². The Balaban J connectivity index is 4.77. The first-order valence-electron chi connectivity index (χ1n) is 5.99. The summed E-state index contributed by atoms with van der Waals surface area (Å²) in [7, 11) is 5.26. The molecule has 2 atom stereocenters. The maximum atomic E-state index is 10.1. The zero-order valence-corrected chi connectivity index (χ0v) is 11.9. The summed E-state index contributed by atoms with van der Waals surface area (Å²) in [4.78, 5) is 5.55. The molecule has 18 heavy (non-hydrogen) atoms. The molecule has 0 bridgehead atoms. The average Bonchev–Trinajstić information content (AvgIpc) is 2.35. The molecule has 0 amide bonds. The molecule has 6 heteroatoms. The molecular formula is C12H26N4O2. The molecule has 0 aromatic rings. The predicted octanol–water partition coefficient (Wildman–Crippen LogP) is -0.641. The Morgan fingerprint density at radius 3 is 2.50 bits per heavy atom. The minimum Gasteiger partial charge on any atom is -0.395 e. The topological polar surface area (TPSA) is 80.1 Å². The van der Waals surface area contributed by atoms with Crippen molar-refractivity contribution in [3.63, 3.8) is 0 Å². The number of aliphatic hydroxyl groups is 2. The second kappa shape index (κ2) is 9.04.